The van der Waals surface area contributed by atoms with Crippen molar-refractivity contribution in [1.82, 2.24) is 15.2 Å². The highest BCUT2D eigenvalue weighted by Gasteiger charge is 2.16. The molecule has 0 aliphatic rings. The van der Waals surface area contributed by atoms with Gasteiger partial charge in [0.1, 0.15) is 5.75 Å². The molecule has 1 unspecified atom stereocenters. The number of thioether (sulfide) groups is 1. The third-order valence-electron chi connectivity index (χ3n) is 4.22. The molecule has 0 fully saturated rings. The summed E-state index contributed by atoms with van der Waals surface area (Å²) in [7, 11) is 5.68. The van der Waals surface area contributed by atoms with Crippen LogP contribution in [0.3, 0.4) is 0 Å². The number of para-hydroxylation sites is 1. The molecule has 0 bridgehead atoms. The number of aromatic nitrogens is 1. The van der Waals surface area contributed by atoms with Crippen LogP contribution in [-0.2, 0) is 4.79 Å². The quantitative estimate of drug-likeness (QED) is 0.582. The topological polar surface area (TPSA) is 54.5 Å². The summed E-state index contributed by atoms with van der Waals surface area (Å²) in [5, 5.41) is 3.04. The number of nitrogens with zero attached hydrogens (tertiary/aromatic N) is 2. The monoisotopic (exact) mass is 401 g/mol. The van der Waals surface area contributed by atoms with Crippen LogP contribution in [0, 0.1) is 0 Å². The van der Waals surface area contributed by atoms with Gasteiger partial charge in [-0.25, -0.2) is 4.98 Å². The molecule has 0 saturated carbocycles. The second kappa shape index (κ2) is 9.21. The molecule has 7 heteroatoms. The minimum atomic E-state index is 0.0135. The summed E-state index contributed by atoms with van der Waals surface area (Å²) >= 11 is 3.10. The fraction of sp³-hybridized carbons (Fsp3) is 0.300. The molecule has 5 nitrogen and oxygen atoms in total. The van der Waals surface area contributed by atoms with E-state index in [1.807, 2.05) is 62.6 Å². The van der Waals surface area contributed by atoms with E-state index in [-0.39, 0.29) is 11.9 Å². The molecule has 3 aromatic rings. The van der Waals surface area contributed by atoms with Crippen LogP contribution < -0.4 is 10.1 Å². The van der Waals surface area contributed by atoms with E-state index >= 15 is 0 Å². The maximum Gasteiger partial charge on any atom is 0.230 e. The summed E-state index contributed by atoms with van der Waals surface area (Å²) in [6, 6.07) is 16.1. The lowest BCUT2D eigenvalue weighted by molar-refractivity contribution is -0.118. The zero-order chi connectivity index (χ0) is 19.2. The first-order valence-corrected chi connectivity index (χ1v) is 10.4. The molecular formula is C20H23N3O2S2. The van der Waals surface area contributed by atoms with E-state index in [0.29, 0.717) is 12.3 Å². The number of benzene rings is 2. The number of hydrogen-bond donors (Lipinski definition) is 1. The number of carbonyl (C=O) groups excluding carboxylic acids is 1. The predicted octanol–water partition coefficient (Wildman–Crippen LogP) is 3.82. The van der Waals surface area contributed by atoms with Crippen molar-refractivity contribution in [2.75, 3.05) is 33.5 Å². The van der Waals surface area contributed by atoms with Crippen LogP contribution in [-0.4, -0.2) is 49.3 Å². The lowest BCUT2D eigenvalue weighted by Gasteiger charge is -2.25. The van der Waals surface area contributed by atoms with Gasteiger partial charge in [0.2, 0.25) is 5.91 Å². The van der Waals surface area contributed by atoms with Crippen LogP contribution >= 0.6 is 23.1 Å². The van der Waals surface area contributed by atoms with Crippen LogP contribution in [0.15, 0.2) is 52.9 Å². The van der Waals surface area contributed by atoms with Gasteiger partial charge in [0.15, 0.2) is 4.34 Å². The molecule has 3 rings (SSSR count). The second-order valence-electron chi connectivity index (χ2n) is 6.29. The van der Waals surface area contributed by atoms with Crippen molar-refractivity contribution in [3.8, 4) is 5.75 Å². The molecule has 0 saturated heterocycles. The first-order valence-electron chi connectivity index (χ1n) is 8.62. The van der Waals surface area contributed by atoms with Crippen molar-refractivity contribution in [1.29, 1.82) is 0 Å². The number of fused-ring (bicyclic) bond motifs is 1. The summed E-state index contributed by atoms with van der Waals surface area (Å²) in [5.74, 6) is 1.20. The van der Waals surface area contributed by atoms with Gasteiger partial charge in [0.05, 0.1) is 29.1 Å². The SMILES string of the molecule is COc1ccc(C(CNC(=O)CSc2nc3ccccc3s2)N(C)C)cc1. The Morgan fingerprint density at radius 1 is 1.22 bits per heavy atom. The van der Waals surface area contributed by atoms with Gasteiger partial charge in [0.25, 0.3) is 0 Å². The molecule has 1 heterocycles. The fourth-order valence-electron chi connectivity index (χ4n) is 2.73. The molecule has 0 aliphatic carbocycles. The van der Waals surface area contributed by atoms with Crippen LogP contribution in [0.4, 0.5) is 0 Å². The minimum Gasteiger partial charge on any atom is -0.497 e. The van der Waals surface area contributed by atoms with Gasteiger partial charge in [-0.2, -0.15) is 0 Å². The lowest BCUT2D eigenvalue weighted by Crippen LogP contribution is -2.35. The fourth-order valence-corrected chi connectivity index (χ4v) is 4.62. The zero-order valence-corrected chi connectivity index (χ0v) is 17.3. The first-order chi connectivity index (χ1) is 13.1. The first kappa shape index (κ1) is 19.7. The summed E-state index contributed by atoms with van der Waals surface area (Å²) < 4.78 is 7.28. The van der Waals surface area contributed by atoms with E-state index in [0.717, 1.165) is 25.9 Å². The molecule has 1 atom stereocenters. The highest BCUT2D eigenvalue weighted by atomic mass is 32.2. The smallest absolute Gasteiger partial charge is 0.230 e. The Morgan fingerprint density at radius 3 is 2.63 bits per heavy atom. The van der Waals surface area contributed by atoms with Crippen molar-refractivity contribution in [2.45, 2.75) is 10.4 Å². The van der Waals surface area contributed by atoms with E-state index in [2.05, 4.69) is 15.2 Å². The van der Waals surface area contributed by atoms with Gasteiger partial charge in [0, 0.05) is 6.54 Å². The predicted molar refractivity (Wildman–Crippen MR) is 113 cm³/mol. The summed E-state index contributed by atoms with van der Waals surface area (Å²) in [6.45, 7) is 0.554. The zero-order valence-electron chi connectivity index (χ0n) is 15.6. The Bertz CT molecular complexity index is 861. The third-order valence-corrected chi connectivity index (χ3v) is 6.40. The Hall–Kier alpha value is -2.09. The standard InChI is InChI=1S/C20H23N3O2S2/c1-23(2)17(14-8-10-15(25-3)11-9-14)12-21-19(24)13-26-20-22-16-6-4-5-7-18(16)27-20/h4-11,17H,12-13H2,1-3H3,(H,21,24). The summed E-state index contributed by atoms with van der Waals surface area (Å²) in [4.78, 5) is 19.0. The van der Waals surface area contributed by atoms with E-state index in [9.17, 15) is 4.79 Å². The second-order valence-corrected chi connectivity index (χ2v) is 8.55. The summed E-state index contributed by atoms with van der Waals surface area (Å²) in [6.07, 6.45) is 0. The van der Waals surface area contributed by atoms with E-state index in [1.54, 1.807) is 18.4 Å². The third kappa shape index (κ3) is 5.22. The number of nitrogens with one attached hydrogen (secondary N) is 1. The number of rotatable bonds is 8. The Balaban J connectivity index is 1.54. The molecule has 1 amide bonds. The molecule has 0 spiro atoms. The number of ether oxygens (including phenoxy) is 1. The largest absolute Gasteiger partial charge is 0.497 e. The Labute approximate surface area is 167 Å². The average molecular weight is 402 g/mol. The van der Waals surface area contributed by atoms with Crippen molar-refractivity contribution < 1.29 is 9.53 Å². The number of carbonyl (C=O) groups is 1. The molecule has 0 aliphatic heterocycles. The van der Waals surface area contributed by atoms with Crippen molar-refractivity contribution >= 4 is 39.2 Å². The summed E-state index contributed by atoms with van der Waals surface area (Å²) in [5.41, 5.74) is 2.12. The number of thiazole rings is 1. The van der Waals surface area contributed by atoms with Crippen molar-refractivity contribution in [2.24, 2.45) is 0 Å². The number of methoxy groups -OCH3 is 1. The minimum absolute atomic E-state index is 0.0135. The molecule has 27 heavy (non-hydrogen) atoms. The van der Waals surface area contributed by atoms with Crippen molar-refractivity contribution in [3.63, 3.8) is 0 Å². The number of hydrogen-bond acceptors (Lipinski definition) is 6. The van der Waals surface area contributed by atoms with Crippen LogP contribution in [0.5, 0.6) is 5.75 Å². The van der Waals surface area contributed by atoms with Gasteiger partial charge < -0.3 is 15.0 Å². The number of likely N-dealkylation sites (N-methyl/N-ethyl adjacent to an activating group) is 1. The maximum absolute atomic E-state index is 12.3. The molecule has 0 radical (unpaired) electrons. The van der Waals surface area contributed by atoms with Crippen LogP contribution in [0.1, 0.15) is 11.6 Å². The molecule has 2 aromatic carbocycles. The van der Waals surface area contributed by atoms with Gasteiger partial charge in [-0.1, -0.05) is 36.0 Å². The highest BCUT2D eigenvalue weighted by molar-refractivity contribution is 8.01. The van der Waals surface area contributed by atoms with Crippen LogP contribution in [0.25, 0.3) is 10.2 Å². The molecule has 1 N–H and O–H groups in total. The Morgan fingerprint density at radius 2 is 1.96 bits per heavy atom. The van der Waals surface area contributed by atoms with E-state index in [1.165, 1.54) is 11.8 Å². The van der Waals surface area contributed by atoms with E-state index < -0.39 is 0 Å². The molecule has 1 aromatic heterocycles. The van der Waals surface area contributed by atoms with Gasteiger partial charge in [-0.05, 0) is 43.9 Å². The van der Waals surface area contributed by atoms with Crippen LogP contribution in [0.2, 0.25) is 0 Å². The molecular weight excluding hydrogens is 378 g/mol. The lowest BCUT2D eigenvalue weighted by atomic mass is 10.1. The molecule has 142 valence electrons. The normalized spacial score (nSPS) is 12.3. The van der Waals surface area contributed by atoms with Gasteiger partial charge >= 0.3 is 0 Å². The van der Waals surface area contributed by atoms with Gasteiger partial charge in [-0.15, -0.1) is 11.3 Å². The average Bonchev–Trinajstić information content (AvgIpc) is 3.10. The number of amides is 1. The van der Waals surface area contributed by atoms with E-state index in [4.69, 9.17) is 4.74 Å². The van der Waals surface area contributed by atoms with Crippen molar-refractivity contribution in [3.05, 3.63) is 54.1 Å². The Kier molecular flexibility index (Phi) is 6.71. The highest BCUT2D eigenvalue weighted by Crippen LogP contribution is 2.29. The van der Waals surface area contributed by atoms with Gasteiger partial charge in [-0.3, -0.25) is 4.79 Å². The maximum atomic E-state index is 12.3.